The van der Waals surface area contributed by atoms with E-state index >= 15 is 0 Å². The van der Waals surface area contributed by atoms with E-state index in [0.29, 0.717) is 18.9 Å². The third-order valence-corrected chi connectivity index (χ3v) is 4.27. The standard InChI is InChI=1S/C15H25NO3S/c1-4-5-6-11-19-14-7-9-15(10-8-14)20(17,18)16-12-13(2)3/h7-10,13,16H,4-6,11-12H2,1-3H3. The van der Waals surface area contributed by atoms with E-state index in [-0.39, 0.29) is 10.8 Å². The van der Waals surface area contributed by atoms with Crippen molar-refractivity contribution in [3.05, 3.63) is 24.3 Å². The number of benzene rings is 1. The van der Waals surface area contributed by atoms with E-state index in [1.54, 1.807) is 24.3 Å². The molecule has 0 unspecified atom stereocenters. The minimum atomic E-state index is -3.41. The van der Waals surface area contributed by atoms with Crippen LogP contribution in [0.15, 0.2) is 29.2 Å². The predicted molar refractivity (Wildman–Crippen MR) is 81.5 cm³/mol. The number of hydrogen-bond acceptors (Lipinski definition) is 3. The topological polar surface area (TPSA) is 55.4 Å². The normalized spacial score (nSPS) is 11.8. The fourth-order valence-corrected chi connectivity index (χ4v) is 2.83. The molecule has 1 aromatic carbocycles. The third kappa shape index (κ3) is 5.92. The average Bonchev–Trinajstić information content (AvgIpc) is 2.42. The molecule has 0 aliphatic rings. The summed E-state index contributed by atoms with van der Waals surface area (Å²) in [5.74, 6) is 0.995. The maximum absolute atomic E-state index is 12.0. The largest absolute Gasteiger partial charge is 0.494 e. The molecule has 0 aliphatic carbocycles. The Balaban J connectivity index is 2.57. The van der Waals surface area contributed by atoms with E-state index in [0.717, 1.165) is 19.3 Å². The van der Waals surface area contributed by atoms with E-state index in [2.05, 4.69) is 11.6 Å². The first-order valence-corrected chi connectivity index (χ1v) is 8.66. The highest BCUT2D eigenvalue weighted by Crippen LogP contribution is 2.16. The zero-order valence-corrected chi connectivity index (χ0v) is 13.4. The Morgan fingerprint density at radius 3 is 2.35 bits per heavy atom. The lowest BCUT2D eigenvalue weighted by molar-refractivity contribution is 0.306. The van der Waals surface area contributed by atoms with Crippen molar-refractivity contribution >= 4 is 10.0 Å². The monoisotopic (exact) mass is 299 g/mol. The van der Waals surface area contributed by atoms with Gasteiger partial charge in [-0.3, -0.25) is 0 Å². The van der Waals surface area contributed by atoms with Crippen molar-refractivity contribution in [2.75, 3.05) is 13.2 Å². The highest BCUT2D eigenvalue weighted by Gasteiger charge is 2.13. The van der Waals surface area contributed by atoms with Crippen molar-refractivity contribution < 1.29 is 13.2 Å². The molecular formula is C15H25NO3S. The van der Waals surface area contributed by atoms with Gasteiger partial charge in [-0.1, -0.05) is 33.6 Å². The van der Waals surface area contributed by atoms with Crippen LogP contribution in [0.25, 0.3) is 0 Å². The zero-order chi connectivity index (χ0) is 15.0. The van der Waals surface area contributed by atoms with Gasteiger partial charge in [-0.15, -0.1) is 0 Å². The van der Waals surface area contributed by atoms with Gasteiger partial charge in [0.15, 0.2) is 0 Å². The molecule has 0 heterocycles. The van der Waals surface area contributed by atoms with Gasteiger partial charge in [-0.05, 0) is 36.6 Å². The van der Waals surface area contributed by atoms with Crippen LogP contribution < -0.4 is 9.46 Å². The van der Waals surface area contributed by atoms with Crippen molar-refractivity contribution in [1.29, 1.82) is 0 Å². The van der Waals surface area contributed by atoms with Gasteiger partial charge in [0.1, 0.15) is 5.75 Å². The summed E-state index contributed by atoms with van der Waals surface area (Å²) in [6.45, 7) is 7.19. The van der Waals surface area contributed by atoms with Crippen molar-refractivity contribution in [2.24, 2.45) is 5.92 Å². The second-order valence-corrected chi connectivity index (χ2v) is 7.04. The first kappa shape index (κ1) is 17.0. The van der Waals surface area contributed by atoms with Gasteiger partial charge < -0.3 is 4.74 Å². The second kappa shape index (κ2) is 8.27. The average molecular weight is 299 g/mol. The number of unbranched alkanes of at least 4 members (excludes halogenated alkanes) is 2. The molecule has 0 saturated heterocycles. The zero-order valence-electron chi connectivity index (χ0n) is 12.6. The highest BCUT2D eigenvalue weighted by atomic mass is 32.2. The summed E-state index contributed by atoms with van der Waals surface area (Å²) < 4.78 is 32.1. The van der Waals surface area contributed by atoms with Crippen LogP contribution in [0.2, 0.25) is 0 Å². The fraction of sp³-hybridized carbons (Fsp3) is 0.600. The molecule has 1 aromatic rings. The molecule has 0 bridgehead atoms. The van der Waals surface area contributed by atoms with E-state index in [1.807, 2.05) is 13.8 Å². The van der Waals surface area contributed by atoms with Gasteiger partial charge >= 0.3 is 0 Å². The molecule has 4 nitrogen and oxygen atoms in total. The van der Waals surface area contributed by atoms with E-state index < -0.39 is 10.0 Å². The lowest BCUT2D eigenvalue weighted by Crippen LogP contribution is -2.27. The number of nitrogens with one attached hydrogen (secondary N) is 1. The molecule has 5 heteroatoms. The summed E-state index contributed by atoms with van der Waals surface area (Å²) in [7, 11) is -3.41. The van der Waals surface area contributed by atoms with Gasteiger partial charge in [0.25, 0.3) is 0 Å². The first-order chi connectivity index (χ1) is 9.45. The Kier molecular flexibility index (Phi) is 7.02. The Labute approximate surface area is 122 Å². The lowest BCUT2D eigenvalue weighted by Gasteiger charge is -2.10. The minimum absolute atomic E-state index is 0.277. The quantitative estimate of drug-likeness (QED) is 0.712. The van der Waals surface area contributed by atoms with Crippen LogP contribution in [0.5, 0.6) is 5.75 Å². The van der Waals surface area contributed by atoms with Gasteiger partial charge in [0.2, 0.25) is 10.0 Å². The number of sulfonamides is 1. The number of ether oxygens (including phenoxy) is 1. The number of rotatable bonds is 9. The van der Waals surface area contributed by atoms with Crippen LogP contribution in [0, 0.1) is 5.92 Å². The Morgan fingerprint density at radius 1 is 1.15 bits per heavy atom. The Morgan fingerprint density at radius 2 is 1.80 bits per heavy atom. The molecule has 1 N–H and O–H groups in total. The minimum Gasteiger partial charge on any atom is -0.494 e. The summed E-state index contributed by atoms with van der Waals surface area (Å²) in [4.78, 5) is 0.277. The summed E-state index contributed by atoms with van der Waals surface area (Å²) in [5, 5.41) is 0. The highest BCUT2D eigenvalue weighted by molar-refractivity contribution is 7.89. The first-order valence-electron chi connectivity index (χ1n) is 7.18. The van der Waals surface area contributed by atoms with E-state index in [9.17, 15) is 8.42 Å². The van der Waals surface area contributed by atoms with Gasteiger partial charge in [0.05, 0.1) is 11.5 Å². The van der Waals surface area contributed by atoms with Crippen LogP contribution >= 0.6 is 0 Å². The molecule has 0 aromatic heterocycles. The van der Waals surface area contributed by atoms with Gasteiger partial charge in [-0.25, -0.2) is 13.1 Å². The van der Waals surface area contributed by atoms with Gasteiger partial charge in [-0.2, -0.15) is 0 Å². The van der Waals surface area contributed by atoms with Crippen LogP contribution in [-0.4, -0.2) is 21.6 Å². The molecule has 0 saturated carbocycles. The summed E-state index contributed by atoms with van der Waals surface area (Å²) in [5.41, 5.74) is 0. The summed E-state index contributed by atoms with van der Waals surface area (Å²) in [6, 6.07) is 6.57. The van der Waals surface area contributed by atoms with Crippen molar-refractivity contribution in [2.45, 2.75) is 44.9 Å². The molecule has 20 heavy (non-hydrogen) atoms. The van der Waals surface area contributed by atoms with Gasteiger partial charge in [0, 0.05) is 6.54 Å². The third-order valence-electron chi connectivity index (χ3n) is 2.83. The smallest absolute Gasteiger partial charge is 0.240 e. The summed E-state index contributed by atoms with van der Waals surface area (Å²) >= 11 is 0. The predicted octanol–water partition coefficient (Wildman–Crippen LogP) is 3.19. The van der Waals surface area contributed by atoms with Crippen LogP contribution in [0.3, 0.4) is 0 Å². The van der Waals surface area contributed by atoms with Crippen molar-refractivity contribution in [3.63, 3.8) is 0 Å². The Hall–Kier alpha value is -1.07. The molecule has 1 rings (SSSR count). The molecular weight excluding hydrogens is 274 g/mol. The Bertz CT molecular complexity index is 480. The second-order valence-electron chi connectivity index (χ2n) is 5.27. The lowest BCUT2D eigenvalue weighted by atomic mass is 10.2. The van der Waals surface area contributed by atoms with E-state index in [4.69, 9.17) is 4.74 Å². The van der Waals surface area contributed by atoms with Crippen LogP contribution in [0.4, 0.5) is 0 Å². The fourth-order valence-electron chi connectivity index (χ4n) is 1.62. The van der Waals surface area contributed by atoms with Crippen LogP contribution in [0.1, 0.15) is 40.0 Å². The van der Waals surface area contributed by atoms with Crippen molar-refractivity contribution in [1.82, 2.24) is 4.72 Å². The molecule has 114 valence electrons. The van der Waals surface area contributed by atoms with Crippen LogP contribution in [-0.2, 0) is 10.0 Å². The maximum Gasteiger partial charge on any atom is 0.240 e. The molecule has 0 atom stereocenters. The maximum atomic E-state index is 12.0. The van der Waals surface area contributed by atoms with Crippen molar-refractivity contribution in [3.8, 4) is 5.75 Å². The molecule has 0 radical (unpaired) electrons. The molecule has 0 fully saturated rings. The molecule has 0 aliphatic heterocycles. The summed E-state index contributed by atoms with van der Waals surface area (Å²) in [6.07, 6.45) is 3.32. The number of hydrogen-bond donors (Lipinski definition) is 1. The SMILES string of the molecule is CCCCCOc1ccc(S(=O)(=O)NCC(C)C)cc1. The van der Waals surface area contributed by atoms with E-state index in [1.165, 1.54) is 0 Å². The molecule has 0 amide bonds. The molecule has 0 spiro atoms.